The number of hydrogen-bond acceptors (Lipinski definition) is 12. The van der Waals surface area contributed by atoms with E-state index < -0.39 is 20.8 Å². The molecule has 6 rings (SSSR count). The molecule has 0 aliphatic carbocycles. The van der Waals surface area contributed by atoms with E-state index in [-0.39, 0.29) is 27.3 Å². The predicted octanol–water partition coefficient (Wildman–Crippen LogP) is 4.65. The summed E-state index contributed by atoms with van der Waals surface area (Å²) >= 11 is 0. The molecule has 0 fully saturated rings. The molecule has 43 heavy (non-hydrogen) atoms. The topological polar surface area (TPSA) is 184 Å². The van der Waals surface area contributed by atoms with Crippen molar-refractivity contribution in [2.75, 3.05) is 0 Å². The van der Waals surface area contributed by atoms with Crippen LogP contribution in [0.3, 0.4) is 0 Å². The molecule has 6 aromatic rings. The van der Waals surface area contributed by atoms with Gasteiger partial charge in [-0.3, -0.25) is 19.9 Å². The maximum atomic E-state index is 9.37. The first-order chi connectivity index (χ1) is 19.7. The van der Waals surface area contributed by atoms with Gasteiger partial charge in [-0.1, -0.05) is 48.5 Å². The molecule has 0 atom stereocenters. The first-order valence-electron chi connectivity index (χ1n) is 12.3. The van der Waals surface area contributed by atoms with Crippen LogP contribution in [0.1, 0.15) is 22.8 Å². The largest absolute Gasteiger partial charge is 2.00 e. The Kier molecular flexibility index (Phi) is 11.2. The third kappa shape index (κ3) is 9.62. The van der Waals surface area contributed by atoms with E-state index >= 15 is 0 Å². The van der Waals surface area contributed by atoms with Crippen molar-refractivity contribution in [3.8, 4) is 0 Å². The van der Waals surface area contributed by atoms with Crippen LogP contribution in [0, 0.1) is 27.7 Å². The summed E-state index contributed by atoms with van der Waals surface area (Å²) in [5.41, 5.74) is 8.13. The van der Waals surface area contributed by atoms with Crippen LogP contribution in [0.5, 0.6) is 0 Å². The monoisotopic (exact) mass is 722 g/mol. The second kappa shape index (κ2) is 14.0. The molecule has 0 spiro atoms. The van der Waals surface area contributed by atoms with Gasteiger partial charge in [0.15, 0.2) is 0 Å². The van der Waals surface area contributed by atoms with Gasteiger partial charge >= 0.3 is 27.3 Å². The molecule has 0 amide bonds. The maximum absolute atomic E-state index is 9.37. The summed E-state index contributed by atoms with van der Waals surface area (Å²) in [6, 6.07) is 24.9. The Bertz CT molecular complexity index is 1890. The van der Waals surface area contributed by atoms with Gasteiger partial charge in [0.2, 0.25) is 20.8 Å². The Morgan fingerprint density at radius 3 is 0.814 bits per heavy atom. The van der Waals surface area contributed by atoms with Crippen molar-refractivity contribution in [2.45, 2.75) is 27.7 Å². The zero-order valence-electron chi connectivity index (χ0n) is 23.5. The average molecular weight is 721 g/mol. The van der Waals surface area contributed by atoms with E-state index in [1.54, 1.807) is 0 Å². The van der Waals surface area contributed by atoms with Crippen LogP contribution in [0.2, 0.25) is 0 Å². The molecule has 12 nitrogen and oxygen atoms in total. The van der Waals surface area contributed by atoms with Crippen LogP contribution in [-0.2, 0) is 56.8 Å². The number of hydrogen-bond donors (Lipinski definition) is 0. The molecule has 0 bridgehead atoms. The van der Waals surface area contributed by atoms with Crippen LogP contribution < -0.4 is 0 Å². The van der Waals surface area contributed by atoms with Crippen molar-refractivity contribution in [1.82, 2.24) is 19.9 Å². The van der Waals surface area contributed by atoms with Crippen molar-refractivity contribution >= 4 is 64.4 Å². The second-order valence-electron chi connectivity index (χ2n) is 9.18. The summed E-state index contributed by atoms with van der Waals surface area (Å²) in [7, 11) is -10.6. The molecule has 0 radical (unpaired) electrons. The Balaban J connectivity index is 0.000000181. The van der Waals surface area contributed by atoms with Gasteiger partial charge in [-0.05, 0) is 52.0 Å². The summed E-state index contributed by atoms with van der Waals surface area (Å²) in [5.74, 6) is 0. The SMILES string of the molecule is Cc1ccc2ccc3ccc(C)nc3c2n1.Cc1ccc2ccc3ccc(C)nc3c2n1.O=S(=O)([O-])OOS(=O)(=O)[O-].[Cd+2]. The Hall–Kier alpha value is -3.26. The summed E-state index contributed by atoms with van der Waals surface area (Å²) in [6.07, 6.45) is 0. The molecule has 0 N–H and O–H groups in total. The molecule has 0 saturated heterocycles. The molecule has 0 unspecified atom stereocenters. The van der Waals surface area contributed by atoms with Crippen molar-refractivity contribution in [3.63, 3.8) is 0 Å². The van der Waals surface area contributed by atoms with E-state index in [0.29, 0.717) is 0 Å². The van der Waals surface area contributed by atoms with Crippen molar-refractivity contribution in [1.29, 1.82) is 0 Å². The fourth-order valence-corrected chi connectivity index (χ4v) is 4.54. The van der Waals surface area contributed by atoms with Crippen LogP contribution in [0.4, 0.5) is 0 Å². The standard InChI is InChI=1S/2C14H12N2.Cd.H2O8S2/c2*1-9-3-5-11-7-8-12-6-4-10(2)16-14(12)13(11)15-9;;1-9(2,3)7-8-10(4,5)6/h2*3-8H,1-2H3;;(H,1,2,3)(H,4,5,6)/q;;+2;/p-2. The van der Waals surface area contributed by atoms with Gasteiger partial charge in [-0.2, -0.15) is 0 Å². The molecule has 15 heteroatoms. The average Bonchev–Trinajstić information content (AvgIpc) is 2.92. The molecule has 4 aromatic heterocycles. The Labute approximate surface area is 268 Å². The quantitative estimate of drug-likeness (QED) is 0.0617. The molecule has 4 heterocycles. The van der Waals surface area contributed by atoms with Gasteiger partial charge in [0.05, 0.1) is 22.1 Å². The molecular weight excluding hydrogens is 697 g/mol. The minimum absolute atomic E-state index is 0. The van der Waals surface area contributed by atoms with E-state index in [1.165, 1.54) is 0 Å². The fraction of sp³-hybridized carbons (Fsp3) is 0.143. The van der Waals surface area contributed by atoms with Crippen molar-refractivity contribution in [3.05, 3.63) is 95.6 Å². The number of pyridine rings is 4. The molecule has 0 saturated carbocycles. The minimum Gasteiger partial charge on any atom is -0.724 e. The molecule has 218 valence electrons. The number of rotatable bonds is 3. The summed E-state index contributed by atoms with van der Waals surface area (Å²) in [5, 5.41) is 4.60. The van der Waals surface area contributed by atoms with Crippen molar-refractivity contribution < 1.29 is 61.9 Å². The molecule has 2 aromatic carbocycles. The van der Waals surface area contributed by atoms with E-state index in [2.05, 4.69) is 77.1 Å². The van der Waals surface area contributed by atoms with Gasteiger partial charge < -0.3 is 9.11 Å². The van der Waals surface area contributed by atoms with E-state index in [1.807, 2.05) is 52.0 Å². The number of fused-ring (bicyclic) bond motifs is 6. The molecule has 0 aliphatic heterocycles. The number of benzene rings is 2. The van der Waals surface area contributed by atoms with Gasteiger partial charge in [-0.15, -0.1) is 8.67 Å². The fourth-order valence-electron chi connectivity index (χ4n) is 3.99. The van der Waals surface area contributed by atoms with Crippen LogP contribution in [-0.4, -0.2) is 45.9 Å². The molecular formula is C28H24CdN4O8S2. The zero-order valence-corrected chi connectivity index (χ0v) is 29.2. The third-order valence-corrected chi connectivity index (χ3v) is 6.35. The smallest absolute Gasteiger partial charge is 0.724 e. The summed E-state index contributed by atoms with van der Waals surface area (Å²) in [6.45, 7) is 8.03. The molecule has 0 aliphatic rings. The first kappa shape index (κ1) is 34.2. The normalized spacial score (nSPS) is 11.4. The van der Waals surface area contributed by atoms with E-state index in [0.717, 1.165) is 66.4 Å². The van der Waals surface area contributed by atoms with E-state index in [9.17, 15) is 25.9 Å². The van der Waals surface area contributed by atoms with Gasteiger partial charge in [0.1, 0.15) is 0 Å². The Morgan fingerprint density at radius 1 is 0.442 bits per heavy atom. The predicted molar refractivity (Wildman–Crippen MR) is 155 cm³/mol. The van der Waals surface area contributed by atoms with Crippen molar-refractivity contribution in [2.24, 2.45) is 0 Å². The number of aromatic nitrogens is 4. The third-order valence-electron chi connectivity index (χ3n) is 5.79. The van der Waals surface area contributed by atoms with E-state index in [4.69, 9.17) is 0 Å². The van der Waals surface area contributed by atoms with Crippen LogP contribution in [0.15, 0.2) is 72.8 Å². The number of nitrogens with zero attached hydrogens (tertiary/aromatic N) is 4. The number of aryl methyl sites for hydroxylation is 4. The van der Waals surface area contributed by atoms with Gasteiger partial charge in [0.25, 0.3) is 0 Å². The summed E-state index contributed by atoms with van der Waals surface area (Å²) < 4.78 is 61.5. The van der Waals surface area contributed by atoms with Crippen LogP contribution >= 0.6 is 0 Å². The Morgan fingerprint density at radius 2 is 0.628 bits per heavy atom. The van der Waals surface area contributed by atoms with Crippen LogP contribution in [0.25, 0.3) is 43.6 Å². The first-order valence-corrected chi connectivity index (χ1v) is 14.9. The zero-order chi connectivity index (χ0) is 30.7. The minimum atomic E-state index is -5.31. The van der Waals surface area contributed by atoms with Gasteiger partial charge in [0, 0.05) is 44.3 Å². The summed E-state index contributed by atoms with van der Waals surface area (Å²) in [4.78, 5) is 18.3. The maximum Gasteiger partial charge on any atom is 2.00 e. The second-order valence-corrected chi connectivity index (χ2v) is 11.1. The van der Waals surface area contributed by atoms with Gasteiger partial charge in [-0.25, -0.2) is 16.8 Å².